The number of hydrogen-bond acceptors (Lipinski definition) is 4. The molecule has 0 aliphatic rings. The number of benzene rings is 1. The van der Waals surface area contributed by atoms with Gasteiger partial charge in [0.05, 0.1) is 17.6 Å². The zero-order valence-corrected chi connectivity index (χ0v) is 10.1. The summed E-state index contributed by atoms with van der Waals surface area (Å²) in [7, 11) is 1.96. The first kappa shape index (κ1) is 11.9. The molecule has 0 bridgehead atoms. The van der Waals surface area contributed by atoms with Gasteiger partial charge in [0.15, 0.2) is 0 Å². The van der Waals surface area contributed by atoms with Crippen LogP contribution in [0.4, 0.5) is 5.69 Å². The van der Waals surface area contributed by atoms with Crippen LogP contribution in [0.5, 0.6) is 0 Å². The summed E-state index contributed by atoms with van der Waals surface area (Å²) < 4.78 is 0. The van der Waals surface area contributed by atoms with Gasteiger partial charge in [0, 0.05) is 25.3 Å². The lowest BCUT2D eigenvalue weighted by Crippen LogP contribution is -2.37. The normalized spacial score (nSPS) is 12.9. The second-order valence-corrected chi connectivity index (χ2v) is 4.35. The topological polar surface area (TPSA) is 78.2 Å². The predicted octanol–water partition coefficient (Wildman–Crippen LogP) is 0.627. The van der Waals surface area contributed by atoms with Gasteiger partial charge in [-0.2, -0.15) is 0 Å². The molecule has 92 valence electrons. The Bertz CT molecular complexity index is 508. The Hall–Kier alpha value is -1.59. The number of aromatic nitrogens is 2. The number of nitrogens with zero attached hydrogens (tertiary/aromatic N) is 2. The number of aromatic amines is 1. The number of aliphatic hydroxyl groups is 1. The Balaban J connectivity index is 2.23. The standard InChI is InChI=1S/C12H18N4O/c1-8-14-11-4-3-10(5-12(11)15-8)16(2)6-9(13)7-17/h3-5,9,17H,6-7,13H2,1-2H3,(H,14,15). The van der Waals surface area contributed by atoms with Gasteiger partial charge in [-0.05, 0) is 25.1 Å². The molecule has 17 heavy (non-hydrogen) atoms. The van der Waals surface area contributed by atoms with Crippen molar-refractivity contribution in [1.82, 2.24) is 9.97 Å². The molecule has 0 aliphatic carbocycles. The summed E-state index contributed by atoms with van der Waals surface area (Å²) in [6, 6.07) is 5.81. The van der Waals surface area contributed by atoms with Crippen molar-refractivity contribution in [2.45, 2.75) is 13.0 Å². The van der Waals surface area contributed by atoms with Crippen LogP contribution in [0.2, 0.25) is 0 Å². The summed E-state index contributed by atoms with van der Waals surface area (Å²) in [6.45, 7) is 2.55. The SMILES string of the molecule is Cc1nc2ccc(N(C)CC(N)CO)cc2[nH]1. The minimum Gasteiger partial charge on any atom is -0.395 e. The summed E-state index contributed by atoms with van der Waals surface area (Å²) in [5.41, 5.74) is 8.76. The number of H-pyrrole nitrogens is 1. The molecule has 1 atom stereocenters. The Labute approximate surface area is 100 Å². The molecule has 0 aliphatic heterocycles. The highest BCUT2D eigenvalue weighted by Crippen LogP contribution is 2.19. The molecule has 0 spiro atoms. The molecule has 0 radical (unpaired) electrons. The highest BCUT2D eigenvalue weighted by Gasteiger charge is 2.08. The van der Waals surface area contributed by atoms with Crippen molar-refractivity contribution in [2.75, 3.05) is 25.1 Å². The number of nitrogens with one attached hydrogen (secondary N) is 1. The predicted molar refractivity (Wildman–Crippen MR) is 69.2 cm³/mol. The molecule has 1 heterocycles. The number of imidazole rings is 1. The molecule has 1 aromatic carbocycles. The molecule has 0 saturated carbocycles. The lowest BCUT2D eigenvalue weighted by atomic mass is 10.2. The van der Waals surface area contributed by atoms with Crippen LogP contribution in [-0.4, -0.2) is 41.3 Å². The molecule has 2 rings (SSSR count). The number of likely N-dealkylation sites (N-methyl/N-ethyl adjacent to an activating group) is 1. The molecular weight excluding hydrogens is 216 g/mol. The van der Waals surface area contributed by atoms with Crippen molar-refractivity contribution < 1.29 is 5.11 Å². The zero-order valence-electron chi connectivity index (χ0n) is 10.1. The van der Waals surface area contributed by atoms with Gasteiger partial charge in [-0.1, -0.05) is 0 Å². The van der Waals surface area contributed by atoms with Crippen molar-refractivity contribution >= 4 is 16.7 Å². The molecule has 2 aromatic rings. The first-order valence-electron chi connectivity index (χ1n) is 5.64. The number of hydrogen-bond donors (Lipinski definition) is 3. The minimum absolute atomic E-state index is 0.00422. The summed E-state index contributed by atoms with van der Waals surface area (Å²) in [4.78, 5) is 9.58. The minimum atomic E-state index is -0.223. The van der Waals surface area contributed by atoms with Crippen LogP contribution in [0, 0.1) is 6.92 Å². The lowest BCUT2D eigenvalue weighted by molar-refractivity contribution is 0.267. The first-order chi connectivity index (χ1) is 8.10. The van der Waals surface area contributed by atoms with Crippen LogP contribution in [0.1, 0.15) is 5.82 Å². The van der Waals surface area contributed by atoms with E-state index in [1.54, 1.807) is 0 Å². The van der Waals surface area contributed by atoms with Gasteiger partial charge in [0.2, 0.25) is 0 Å². The fraction of sp³-hybridized carbons (Fsp3) is 0.417. The van der Waals surface area contributed by atoms with E-state index in [1.807, 2.05) is 37.1 Å². The lowest BCUT2D eigenvalue weighted by Gasteiger charge is -2.22. The fourth-order valence-electron chi connectivity index (χ4n) is 1.88. The largest absolute Gasteiger partial charge is 0.395 e. The molecule has 1 unspecified atom stereocenters. The maximum atomic E-state index is 8.94. The molecule has 1 aromatic heterocycles. The van der Waals surface area contributed by atoms with Crippen molar-refractivity contribution in [1.29, 1.82) is 0 Å². The highest BCUT2D eigenvalue weighted by atomic mass is 16.3. The third kappa shape index (κ3) is 2.57. The van der Waals surface area contributed by atoms with E-state index < -0.39 is 0 Å². The smallest absolute Gasteiger partial charge is 0.104 e. The van der Waals surface area contributed by atoms with Crippen LogP contribution < -0.4 is 10.6 Å². The molecule has 5 nitrogen and oxygen atoms in total. The molecule has 0 saturated heterocycles. The maximum Gasteiger partial charge on any atom is 0.104 e. The third-order valence-corrected chi connectivity index (χ3v) is 2.77. The summed E-state index contributed by atoms with van der Waals surface area (Å²) in [5.74, 6) is 0.909. The number of anilines is 1. The van der Waals surface area contributed by atoms with Gasteiger partial charge in [0.25, 0.3) is 0 Å². The van der Waals surface area contributed by atoms with Crippen molar-refractivity contribution in [3.05, 3.63) is 24.0 Å². The summed E-state index contributed by atoms with van der Waals surface area (Å²) in [5, 5.41) is 8.94. The van der Waals surface area contributed by atoms with Crippen molar-refractivity contribution in [3.8, 4) is 0 Å². The van der Waals surface area contributed by atoms with Gasteiger partial charge in [-0.15, -0.1) is 0 Å². The average molecular weight is 234 g/mol. The molecule has 0 amide bonds. The van der Waals surface area contributed by atoms with E-state index in [0.717, 1.165) is 22.5 Å². The quantitative estimate of drug-likeness (QED) is 0.725. The van der Waals surface area contributed by atoms with E-state index >= 15 is 0 Å². The number of aryl methyl sites for hydroxylation is 1. The number of aliphatic hydroxyl groups excluding tert-OH is 1. The Morgan fingerprint density at radius 3 is 3.00 bits per heavy atom. The average Bonchev–Trinajstić information content (AvgIpc) is 2.67. The van der Waals surface area contributed by atoms with E-state index in [9.17, 15) is 0 Å². The molecular formula is C12H18N4O. The summed E-state index contributed by atoms with van der Waals surface area (Å²) >= 11 is 0. The molecule has 5 heteroatoms. The summed E-state index contributed by atoms with van der Waals surface area (Å²) in [6.07, 6.45) is 0. The Morgan fingerprint density at radius 2 is 2.29 bits per heavy atom. The number of fused-ring (bicyclic) bond motifs is 1. The van der Waals surface area contributed by atoms with E-state index in [0.29, 0.717) is 6.54 Å². The monoisotopic (exact) mass is 234 g/mol. The van der Waals surface area contributed by atoms with Crippen molar-refractivity contribution in [2.24, 2.45) is 5.73 Å². The van der Waals surface area contributed by atoms with Gasteiger partial charge < -0.3 is 20.7 Å². The van der Waals surface area contributed by atoms with Gasteiger partial charge in [0.1, 0.15) is 5.82 Å². The Morgan fingerprint density at radius 1 is 1.53 bits per heavy atom. The fourth-order valence-corrected chi connectivity index (χ4v) is 1.88. The van der Waals surface area contributed by atoms with Crippen molar-refractivity contribution in [3.63, 3.8) is 0 Å². The zero-order chi connectivity index (χ0) is 12.4. The van der Waals surface area contributed by atoms with Crippen LogP contribution in [0.25, 0.3) is 11.0 Å². The molecule has 4 N–H and O–H groups in total. The van der Waals surface area contributed by atoms with E-state index in [-0.39, 0.29) is 12.6 Å². The van der Waals surface area contributed by atoms with E-state index in [1.165, 1.54) is 0 Å². The molecule has 0 fully saturated rings. The number of rotatable bonds is 4. The van der Waals surface area contributed by atoms with Crippen LogP contribution >= 0.6 is 0 Å². The maximum absolute atomic E-state index is 8.94. The Kier molecular flexibility index (Phi) is 3.31. The van der Waals surface area contributed by atoms with Crippen LogP contribution in [-0.2, 0) is 0 Å². The van der Waals surface area contributed by atoms with Crippen LogP contribution in [0.15, 0.2) is 18.2 Å². The van der Waals surface area contributed by atoms with E-state index in [2.05, 4.69) is 9.97 Å². The number of nitrogens with two attached hydrogens (primary N) is 1. The third-order valence-electron chi connectivity index (χ3n) is 2.77. The van der Waals surface area contributed by atoms with Gasteiger partial charge >= 0.3 is 0 Å². The van der Waals surface area contributed by atoms with Gasteiger partial charge in [-0.3, -0.25) is 0 Å². The first-order valence-corrected chi connectivity index (χ1v) is 5.64. The second kappa shape index (κ2) is 4.73. The second-order valence-electron chi connectivity index (χ2n) is 4.35. The van der Waals surface area contributed by atoms with Gasteiger partial charge in [-0.25, -0.2) is 4.98 Å². The van der Waals surface area contributed by atoms with E-state index in [4.69, 9.17) is 10.8 Å². The highest BCUT2D eigenvalue weighted by molar-refractivity contribution is 5.79. The van der Waals surface area contributed by atoms with Crippen LogP contribution in [0.3, 0.4) is 0 Å².